The first-order valence-corrected chi connectivity index (χ1v) is 8.00. The molecule has 6 nitrogen and oxygen atoms in total. The Morgan fingerprint density at radius 1 is 1.33 bits per heavy atom. The van der Waals surface area contributed by atoms with E-state index >= 15 is 0 Å². The molecule has 2 rings (SSSR count). The summed E-state index contributed by atoms with van der Waals surface area (Å²) >= 11 is 0. The Labute approximate surface area is 161 Å². The smallest absolute Gasteiger partial charge is 0.191 e. The summed E-state index contributed by atoms with van der Waals surface area (Å²) in [7, 11) is 3.40. The predicted molar refractivity (Wildman–Crippen MR) is 107 cm³/mol. The van der Waals surface area contributed by atoms with Crippen LogP contribution in [0.25, 0.3) is 0 Å². The SMILES string of the molecule is CN=C(NCCOc1cccc(OC)c1)NCC1(C)CCCO1.I. The summed E-state index contributed by atoms with van der Waals surface area (Å²) < 4.78 is 16.6. The van der Waals surface area contributed by atoms with Crippen molar-refractivity contribution >= 4 is 29.9 Å². The first-order valence-electron chi connectivity index (χ1n) is 8.00. The Morgan fingerprint density at radius 2 is 2.12 bits per heavy atom. The number of nitrogens with zero attached hydrogens (tertiary/aromatic N) is 1. The third kappa shape index (κ3) is 6.72. The minimum absolute atomic E-state index is 0. The molecule has 0 saturated carbocycles. The molecule has 1 fully saturated rings. The normalized spacial score (nSPS) is 20.2. The molecule has 1 saturated heterocycles. The summed E-state index contributed by atoms with van der Waals surface area (Å²) in [4.78, 5) is 4.22. The quantitative estimate of drug-likeness (QED) is 0.290. The largest absolute Gasteiger partial charge is 0.497 e. The van der Waals surface area contributed by atoms with Gasteiger partial charge in [-0.1, -0.05) is 6.07 Å². The van der Waals surface area contributed by atoms with E-state index in [1.54, 1.807) is 14.2 Å². The van der Waals surface area contributed by atoms with Gasteiger partial charge < -0.3 is 24.8 Å². The fraction of sp³-hybridized carbons (Fsp3) is 0.588. The highest BCUT2D eigenvalue weighted by Gasteiger charge is 2.29. The number of rotatable bonds is 7. The molecule has 0 amide bonds. The van der Waals surface area contributed by atoms with Gasteiger partial charge in [-0.15, -0.1) is 24.0 Å². The minimum atomic E-state index is -0.0886. The van der Waals surface area contributed by atoms with Gasteiger partial charge in [-0.2, -0.15) is 0 Å². The van der Waals surface area contributed by atoms with Crippen molar-refractivity contribution in [3.63, 3.8) is 0 Å². The number of hydrogen-bond acceptors (Lipinski definition) is 4. The minimum Gasteiger partial charge on any atom is -0.497 e. The number of nitrogens with one attached hydrogen (secondary N) is 2. The molecule has 136 valence electrons. The van der Waals surface area contributed by atoms with Gasteiger partial charge in [0.05, 0.1) is 19.3 Å². The molecule has 1 heterocycles. The van der Waals surface area contributed by atoms with Crippen molar-refractivity contribution in [2.45, 2.75) is 25.4 Å². The second-order valence-electron chi connectivity index (χ2n) is 5.78. The number of methoxy groups -OCH3 is 1. The van der Waals surface area contributed by atoms with Gasteiger partial charge in [0, 0.05) is 26.3 Å². The van der Waals surface area contributed by atoms with Gasteiger partial charge in [0.2, 0.25) is 0 Å². The molecule has 0 bridgehead atoms. The Morgan fingerprint density at radius 3 is 2.79 bits per heavy atom. The summed E-state index contributed by atoms with van der Waals surface area (Å²) in [5.74, 6) is 2.34. The number of benzene rings is 1. The first-order chi connectivity index (χ1) is 11.1. The lowest BCUT2D eigenvalue weighted by Gasteiger charge is -2.24. The standard InChI is InChI=1S/C17H27N3O3.HI/c1-17(8-5-10-23-17)13-20-16(18-2)19-9-11-22-15-7-4-6-14(12-15)21-3;/h4,6-7,12H,5,8-11,13H2,1-3H3,(H2,18,19,20);1H. The fourth-order valence-electron chi connectivity index (χ4n) is 2.50. The number of aliphatic imine (C=N–C) groups is 1. The molecule has 7 heteroatoms. The van der Waals surface area contributed by atoms with E-state index in [0.717, 1.165) is 43.5 Å². The van der Waals surface area contributed by atoms with Gasteiger partial charge in [0.25, 0.3) is 0 Å². The third-order valence-electron chi connectivity index (χ3n) is 3.86. The van der Waals surface area contributed by atoms with Crippen molar-refractivity contribution in [3.8, 4) is 11.5 Å². The van der Waals surface area contributed by atoms with Crippen LogP contribution < -0.4 is 20.1 Å². The molecular weight excluding hydrogens is 421 g/mol. The summed E-state index contributed by atoms with van der Waals surface area (Å²) in [5, 5.41) is 6.54. The van der Waals surface area contributed by atoms with Gasteiger partial charge in [-0.05, 0) is 31.9 Å². The maximum Gasteiger partial charge on any atom is 0.191 e. The zero-order valence-electron chi connectivity index (χ0n) is 14.6. The first kappa shape index (κ1) is 20.8. The highest BCUT2D eigenvalue weighted by Crippen LogP contribution is 2.23. The van der Waals surface area contributed by atoms with Crippen molar-refractivity contribution in [2.75, 3.05) is 40.5 Å². The van der Waals surface area contributed by atoms with Crippen molar-refractivity contribution in [1.82, 2.24) is 10.6 Å². The monoisotopic (exact) mass is 449 g/mol. The van der Waals surface area contributed by atoms with E-state index in [-0.39, 0.29) is 29.6 Å². The molecule has 1 aliphatic heterocycles. The summed E-state index contributed by atoms with van der Waals surface area (Å²) in [6, 6.07) is 7.58. The molecule has 1 aliphatic rings. The van der Waals surface area contributed by atoms with Gasteiger partial charge in [-0.3, -0.25) is 4.99 Å². The molecule has 24 heavy (non-hydrogen) atoms. The van der Waals surface area contributed by atoms with E-state index in [2.05, 4.69) is 22.5 Å². The zero-order valence-corrected chi connectivity index (χ0v) is 17.0. The highest BCUT2D eigenvalue weighted by atomic mass is 127. The van der Waals surface area contributed by atoms with Crippen molar-refractivity contribution in [3.05, 3.63) is 24.3 Å². The van der Waals surface area contributed by atoms with E-state index in [1.807, 2.05) is 24.3 Å². The van der Waals surface area contributed by atoms with E-state index in [1.165, 1.54) is 0 Å². The Balaban J connectivity index is 0.00000288. The molecule has 0 aliphatic carbocycles. The van der Waals surface area contributed by atoms with Crippen LogP contribution in [0.15, 0.2) is 29.3 Å². The van der Waals surface area contributed by atoms with E-state index in [9.17, 15) is 0 Å². The maximum absolute atomic E-state index is 5.76. The van der Waals surface area contributed by atoms with Crippen LogP contribution in [-0.2, 0) is 4.74 Å². The fourth-order valence-corrected chi connectivity index (χ4v) is 2.50. The number of halogens is 1. The number of guanidine groups is 1. The second-order valence-corrected chi connectivity index (χ2v) is 5.78. The molecule has 0 radical (unpaired) electrons. The van der Waals surface area contributed by atoms with Crippen LogP contribution in [0.5, 0.6) is 11.5 Å². The molecule has 2 N–H and O–H groups in total. The van der Waals surface area contributed by atoms with E-state index < -0.39 is 0 Å². The summed E-state index contributed by atoms with van der Waals surface area (Å²) in [5.41, 5.74) is -0.0886. The lowest BCUT2D eigenvalue weighted by atomic mass is 10.0. The highest BCUT2D eigenvalue weighted by molar-refractivity contribution is 14.0. The molecular formula is C17H28IN3O3. The number of ether oxygens (including phenoxy) is 3. The van der Waals surface area contributed by atoms with Crippen LogP contribution in [-0.4, -0.2) is 52.0 Å². The Hall–Kier alpha value is -1.22. The van der Waals surface area contributed by atoms with Crippen LogP contribution in [0, 0.1) is 0 Å². The van der Waals surface area contributed by atoms with Crippen LogP contribution in [0.2, 0.25) is 0 Å². The predicted octanol–water partition coefficient (Wildman–Crippen LogP) is 2.43. The maximum atomic E-state index is 5.76. The van der Waals surface area contributed by atoms with Crippen LogP contribution in [0.3, 0.4) is 0 Å². The number of hydrogen-bond donors (Lipinski definition) is 2. The summed E-state index contributed by atoms with van der Waals surface area (Å²) in [6.07, 6.45) is 2.20. The molecule has 0 aromatic heterocycles. The van der Waals surface area contributed by atoms with Crippen LogP contribution in [0.1, 0.15) is 19.8 Å². The third-order valence-corrected chi connectivity index (χ3v) is 3.86. The average Bonchev–Trinajstić information content (AvgIpc) is 3.01. The van der Waals surface area contributed by atoms with Crippen LogP contribution in [0.4, 0.5) is 0 Å². The van der Waals surface area contributed by atoms with Gasteiger partial charge in [0.1, 0.15) is 18.1 Å². The Kier molecular flexibility index (Phi) is 9.20. The topological polar surface area (TPSA) is 64.1 Å². The van der Waals surface area contributed by atoms with E-state index in [0.29, 0.717) is 13.2 Å². The molecule has 1 unspecified atom stereocenters. The summed E-state index contributed by atoms with van der Waals surface area (Å²) in [6.45, 7) is 4.93. The van der Waals surface area contributed by atoms with Crippen molar-refractivity contribution < 1.29 is 14.2 Å². The average molecular weight is 449 g/mol. The molecule has 0 spiro atoms. The van der Waals surface area contributed by atoms with E-state index in [4.69, 9.17) is 14.2 Å². The van der Waals surface area contributed by atoms with Gasteiger partial charge in [0.15, 0.2) is 5.96 Å². The molecule has 1 aromatic rings. The van der Waals surface area contributed by atoms with Crippen LogP contribution >= 0.6 is 24.0 Å². The lowest BCUT2D eigenvalue weighted by Crippen LogP contribution is -2.46. The lowest BCUT2D eigenvalue weighted by molar-refractivity contribution is 0.0243. The molecule has 1 atom stereocenters. The Bertz CT molecular complexity index is 520. The van der Waals surface area contributed by atoms with Gasteiger partial charge in [-0.25, -0.2) is 0 Å². The van der Waals surface area contributed by atoms with Crippen molar-refractivity contribution in [2.24, 2.45) is 4.99 Å². The zero-order chi connectivity index (χ0) is 16.5. The van der Waals surface area contributed by atoms with Crippen molar-refractivity contribution in [1.29, 1.82) is 0 Å². The molecule has 1 aromatic carbocycles. The van der Waals surface area contributed by atoms with Gasteiger partial charge >= 0.3 is 0 Å². The second kappa shape index (κ2) is 10.6.